The third-order valence-electron chi connectivity index (χ3n) is 1.99. The van der Waals surface area contributed by atoms with Gasteiger partial charge in [0.25, 0.3) is 0 Å². The summed E-state index contributed by atoms with van der Waals surface area (Å²) < 4.78 is 5.02. The standard InChI is InChI=1S/C11H10O2/c12-11-7-6-10(13-11)8-9-4-2-1-3-5-9/h1-7,10H,8H2/t10-/m0/s1. The van der Waals surface area contributed by atoms with Crippen molar-refractivity contribution in [3.05, 3.63) is 48.0 Å². The third-order valence-corrected chi connectivity index (χ3v) is 1.99. The molecule has 1 aromatic carbocycles. The van der Waals surface area contributed by atoms with E-state index >= 15 is 0 Å². The van der Waals surface area contributed by atoms with Gasteiger partial charge in [-0.2, -0.15) is 0 Å². The van der Waals surface area contributed by atoms with Gasteiger partial charge < -0.3 is 4.74 Å². The van der Waals surface area contributed by atoms with Gasteiger partial charge >= 0.3 is 5.97 Å². The Labute approximate surface area is 76.8 Å². The molecule has 2 heteroatoms. The molecule has 1 atom stereocenters. The van der Waals surface area contributed by atoms with Crippen LogP contribution in [-0.4, -0.2) is 12.1 Å². The van der Waals surface area contributed by atoms with E-state index in [-0.39, 0.29) is 12.1 Å². The minimum absolute atomic E-state index is 0.0742. The molecule has 0 unspecified atom stereocenters. The van der Waals surface area contributed by atoms with E-state index in [2.05, 4.69) is 0 Å². The lowest BCUT2D eigenvalue weighted by molar-refractivity contribution is -0.138. The molecule has 0 fully saturated rings. The average molecular weight is 174 g/mol. The van der Waals surface area contributed by atoms with Crippen LogP contribution < -0.4 is 0 Å². The van der Waals surface area contributed by atoms with E-state index in [1.54, 1.807) is 6.08 Å². The number of benzene rings is 1. The van der Waals surface area contributed by atoms with Crippen molar-refractivity contribution in [2.75, 3.05) is 0 Å². The number of rotatable bonds is 2. The van der Waals surface area contributed by atoms with Gasteiger partial charge in [-0.05, 0) is 11.6 Å². The molecule has 0 saturated carbocycles. The van der Waals surface area contributed by atoms with E-state index in [0.717, 1.165) is 6.42 Å². The first-order valence-electron chi connectivity index (χ1n) is 4.27. The summed E-state index contributed by atoms with van der Waals surface area (Å²) in [7, 11) is 0. The fraction of sp³-hybridized carbons (Fsp3) is 0.182. The quantitative estimate of drug-likeness (QED) is 0.638. The smallest absolute Gasteiger partial charge is 0.331 e. The summed E-state index contributed by atoms with van der Waals surface area (Å²) in [6.45, 7) is 0. The van der Waals surface area contributed by atoms with E-state index in [4.69, 9.17) is 4.74 Å². The highest BCUT2D eigenvalue weighted by atomic mass is 16.5. The number of cyclic esters (lactones) is 1. The van der Waals surface area contributed by atoms with Crippen LogP contribution in [0.3, 0.4) is 0 Å². The summed E-state index contributed by atoms with van der Waals surface area (Å²) in [5.74, 6) is -0.235. The monoisotopic (exact) mass is 174 g/mol. The van der Waals surface area contributed by atoms with Crippen molar-refractivity contribution in [1.82, 2.24) is 0 Å². The molecule has 2 nitrogen and oxygen atoms in total. The molecule has 0 aliphatic carbocycles. The largest absolute Gasteiger partial charge is 0.455 e. The predicted molar refractivity (Wildman–Crippen MR) is 49.2 cm³/mol. The average Bonchev–Trinajstić information content (AvgIpc) is 2.53. The lowest BCUT2D eigenvalue weighted by atomic mass is 10.1. The molecule has 1 heterocycles. The topological polar surface area (TPSA) is 26.3 Å². The molecule has 0 amide bonds. The molecule has 1 aliphatic rings. The van der Waals surface area contributed by atoms with Gasteiger partial charge in [0.2, 0.25) is 0 Å². The van der Waals surface area contributed by atoms with Crippen molar-refractivity contribution in [3.8, 4) is 0 Å². The molecule has 0 saturated heterocycles. The van der Waals surface area contributed by atoms with Gasteiger partial charge in [-0.25, -0.2) is 4.79 Å². The van der Waals surface area contributed by atoms with Crippen molar-refractivity contribution in [1.29, 1.82) is 0 Å². The molecule has 66 valence electrons. The van der Waals surface area contributed by atoms with Crippen molar-refractivity contribution < 1.29 is 9.53 Å². The van der Waals surface area contributed by atoms with E-state index < -0.39 is 0 Å². The van der Waals surface area contributed by atoms with Crippen molar-refractivity contribution in [3.63, 3.8) is 0 Å². The second-order valence-corrected chi connectivity index (χ2v) is 3.02. The van der Waals surface area contributed by atoms with Crippen LogP contribution in [0.5, 0.6) is 0 Å². The Kier molecular flexibility index (Phi) is 2.13. The van der Waals surface area contributed by atoms with Crippen LogP contribution >= 0.6 is 0 Å². The second kappa shape index (κ2) is 3.44. The molecule has 0 radical (unpaired) electrons. The molecule has 0 aromatic heterocycles. The summed E-state index contributed by atoms with van der Waals surface area (Å²) in [6.07, 6.45) is 3.97. The summed E-state index contributed by atoms with van der Waals surface area (Å²) in [4.78, 5) is 10.7. The molecular formula is C11H10O2. The Morgan fingerprint density at radius 1 is 1.23 bits per heavy atom. The van der Waals surface area contributed by atoms with E-state index in [1.807, 2.05) is 30.3 Å². The molecule has 1 aromatic rings. The van der Waals surface area contributed by atoms with Crippen molar-refractivity contribution in [2.24, 2.45) is 0 Å². The Bertz CT molecular complexity index is 327. The van der Waals surface area contributed by atoms with Gasteiger partial charge in [-0.15, -0.1) is 0 Å². The van der Waals surface area contributed by atoms with Crippen LogP contribution in [0.2, 0.25) is 0 Å². The normalized spacial score (nSPS) is 20.3. The summed E-state index contributed by atoms with van der Waals surface area (Å²) >= 11 is 0. The minimum Gasteiger partial charge on any atom is -0.455 e. The number of ether oxygens (including phenoxy) is 1. The molecule has 1 aliphatic heterocycles. The van der Waals surface area contributed by atoms with E-state index in [9.17, 15) is 4.79 Å². The fourth-order valence-corrected chi connectivity index (χ4v) is 1.37. The lowest BCUT2D eigenvalue weighted by Gasteiger charge is -2.07. The van der Waals surface area contributed by atoms with Gasteiger partial charge in [0.1, 0.15) is 6.10 Å². The predicted octanol–water partition coefficient (Wildman–Crippen LogP) is 1.71. The van der Waals surface area contributed by atoms with Crippen LogP contribution in [0, 0.1) is 0 Å². The van der Waals surface area contributed by atoms with E-state index in [1.165, 1.54) is 11.6 Å². The number of esters is 1. The summed E-state index contributed by atoms with van der Waals surface area (Å²) in [5, 5.41) is 0. The van der Waals surface area contributed by atoms with Gasteiger partial charge in [-0.3, -0.25) is 0 Å². The van der Waals surface area contributed by atoms with Crippen molar-refractivity contribution >= 4 is 5.97 Å². The zero-order valence-corrected chi connectivity index (χ0v) is 7.14. The molecule has 0 spiro atoms. The number of carbonyl (C=O) groups is 1. The maximum Gasteiger partial charge on any atom is 0.331 e. The molecule has 0 bridgehead atoms. The van der Waals surface area contributed by atoms with Crippen LogP contribution in [-0.2, 0) is 16.0 Å². The molecular weight excluding hydrogens is 164 g/mol. The first-order valence-corrected chi connectivity index (χ1v) is 4.27. The maximum absolute atomic E-state index is 10.7. The van der Waals surface area contributed by atoms with Crippen LogP contribution in [0.4, 0.5) is 0 Å². The first-order chi connectivity index (χ1) is 6.34. The van der Waals surface area contributed by atoms with Crippen LogP contribution in [0.15, 0.2) is 42.5 Å². The van der Waals surface area contributed by atoms with Gasteiger partial charge in [0.05, 0.1) is 0 Å². The SMILES string of the molecule is O=C1C=C[C@@H](Cc2ccccc2)O1. The zero-order valence-electron chi connectivity index (χ0n) is 7.14. The first kappa shape index (κ1) is 8.05. The summed E-state index contributed by atoms with van der Waals surface area (Å²) in [5.41, 5.74) is 1.19. The Morgan fingerprint density at radius 2 is 2.00 bits per heavy atom. The Morgan fingerprint density at radius 3 is 2.62 bits per heavy atom. The van der Waals surface area contributed by atoms with E-state index in [0.29, 0.717) is 0 Å². The number of hydrogen-bond donors (Lipinski definition) is 0. The van der Waals surface area contributed by atoms with Crippen LogP contribution in [0.25, 0.3) is 0 Å². The highest BCUT2D eigenvalue weighted by Gasteiger charge is 2.16. The number of carbonyl (C=O) groups excluding carboxylic acids is 1. The van der Waals surface area contributed by atoms with Crippen LogP contribution in [0.1, 0.15) is 5.56 Å². The summed E-state index contributed by atoms with van der Waals surface area (Å²) in [6, 6.07) is 9.99. The highest BCUT2D eigenvalue weighted by Crippen LogP contribution is 2.11. The molecule has 2 rings (SSSR count). The van der Waals surface area contributed by atoms with Gasteiger partial charge in [0, 0.05) is 12.5 Å². The Hall–Kier alpha value is -1.57. The second-order valence-electron chi connectivity index (χ2n) is 3.02. The Balaban J connectivity index is 2.00. The van der Waals surface area contributed by atoms with Crippen molar-refractivity contribution in [2.45, 2.75) is 12.5 Å². The van der Waals surface area contributed by atoms with Gasteiger partial charge in [-0.1, -0.05) is 30.3 Å². The fourth-order valence-electron chi connectivity index (χ4n) is 1.37. The maximum atomic E-state index is 10.7. The molecule has 0 N–H and O–H groups in total. The number of hydrogen-bond acceptors (Lipinski definition) is 2. The third kappa shape index (κ3) is 1.96. The zero-order chi connectivity index (χ0) is 9.10. The van der Waals surface area contributed by atoms with Gasteiger partial charge in [0.15, 0.2) is 0 Å². The molecule has 13 heavy (non-hydrogen) atoms. The highest BCUT2D eigenvalue weighted by molar-refractivity contribution is 5.84. The minimum atomic E-state index is -0.235. The lowest BCUT2D eigenvalue weighted by Crippen LogP contribution is -2.10.